The quantitative estimate of drug-likeness (QED) is 0.475. The minimum Gasteiger partial charge on any atom is -0.490 e. The molecular weight excluding hydrogens is 486 g/mol. The number of hydrazone groups is 1. The summed E-state index contributed by atoms with van der Waals surface area (Å²) in [5.74, 6) is 5.07. The maximum atomic E-state index is 11.5. The molecule has 1 fully saturated rings. The lowest BCUT2D eigenvalue weighted by Gasteiger charge is -2.31. The first-order valence-electron chi connectivity index (χ1n) is 13.6. The molecule has 0 spiro atoms. The number of carbonyl (C=O) groups excluding carboxylic acids is 1. The molecule has 200 valence electrons. The number of terminal acetylenes is 1. The van der Waals surface area contributed by atoms with Gasteiger partial charge in [-0.3, -0.25) is 9.80 Å². The Morgan fingerprint density at radius 2 is 1.87 bits per heavy atom. The number of aromatic nitrogens is 2. The van der Waals surface area contributed by atoms with Crippen molar-refractivity contribution in [1.29, 1.82) is 0 Å². The van der Waals surface area contributed by atoms with Crippen LogP contribution in [-0.4, -0.2) is 57.7 Å². The van der Waals surface area contributed by atoms with Gasteiger partial charge in [0.25, 0.3) is 0 Å². The highest BCUT2D eigenvalue weighted by molar-refractivity contribution is 6.11. The zero-order valence-corrected chi connectivity index (χ0v) is 22.5. The van der Waals surface area contributed by atoms with Gasteiger partial charge in [0.1, 0.15) is 5.82 Å². The monoisotopic (exact) mass is 521 g/mol. The fourth-order valence-corrected chi connectivity index (χ4v) is 5.18. The molecule has 2 aliphatic carbocycles. The van der Waals surface area contributed by atoms with Gasteiger partial charge in [-0.15, -0.1) is 6.42 Å². The van der Waals surface area contributed by atoms with E-state index in [0.717, 1.165) is 67.2 Å². The average molecular weight is 522 g/mol. The van der Waals surface area contributed by atoms with E-state index in [1.54, 1.807) is 19.3 Å². The van der Waals surface area contributed by atoms with Gasteiger partial charge in [0.2, 0.25) is 5.91 Å². The number of allylic oxidation sites excluding steroid dienone is 8. The number of nitrogens with zero attached hydrogens (tertiary/aromatic N) is 5. The van der Waals surface area contributed by atoms with Crippen LogP contribution in [0.2, 0.25) is 0 Å². The van der Waals surface area contributed by atoms with Crippen molar-refractivity contribution in [2.75, 3.05) is 26.2 Å². The zero-order chi connectivity index (χ0) is 27.2. The van der Waals surface area contributed by atoms with Crippen LogP contribution >= 0.6 is 0 Å². The molecule has 2 aliphatic heterocycles. The van der Waals surface area contributed by atoms with E-state index >= 15 is 0 Å². The topological polar surface area (TPSA) is 70.9 Å². The number of likely N-dealkylation sites (tertiary alicyclic amines) is 1. The normalized spacial score (nSPS) is 23.2. The van der Waals surface area contributed by atoms with E-state index in [4.69, 9.17) is 16.3 Å². The van der Waals surface area contributed by atoms with Crippen LogP contribution in [0.15, 0.2) is 89.5 Å². The van der Waals surface area contributed by atoms with E-state index in [9.17, 15) is 4.79 Å². The van der Waals surface area contributed by atoms with Gasteiger partial charge in [-0.05, 0) is 54.9 Å². The van der Waals surface area contributed by atoms with Crippen molar-refractivity contribution in [3.05, 3.63) is 90.2 Å². The molecule has 1 aromatic heterocycles. The number of rotatable bonds is 7. The van der Waals surface area contributed by atoms with E-state index in [0.29, 0.717) is 24.8 Å². The van der Waals surface area contributed by atoms with E-state index in [1.165, 1.54) is 0 Å². The third-order valence-corrected chi connectivity index (χ3v) is 7.57. The predicted octanol–water partition coefficient (Wildman–Crippen LogP) is 4.96. The van der Waals surface area contributed by atoms with Gasteiger partial charge < -0.3 is 9.64 Å². The first kappa shape index (κ1) is 26.4. The van der Waals surface area contributed by atoms with Gasteiger partial charge in [-0.25, -0.2) is 9.97 Å². The Kier molecular flexibility index (Phi) is 8.21. The molecule has 0 unspecified atom stereocenters. The second kappa shape index (κ2) is 12.1. The van der Waals surface area contributed by atoms with E-state index in [2.05, 4.69) is 58.9 Å². The Bertz CT molecular complexity index is 1320. The Morgan fingerprint density at radius 1 is 1.10 bits per heavy atom. The molecule has 3 heterocycles. The summed E-state index contributed by atoms with van der Waals surface area (Å²) in [4.78, 5) is 22.7. The highest BCUT2D eigenvalue weighted by Gasteiger charge is 2.22. The molecule has 1 saturated heterocycles. The predicted molar refractivity (Wildman–Crippen MR) is 154 cm³/mol. The van der Waals surface area contributed by atoms with E-state index < -0.39 is 0 Å². The van der Waals surface area contributed by atoms with Crippen molar-refractivity contribution >= 4 is 11.6 Å². The van der Waals surface area contributed by atoms with Crippen molar-refractivity contribution in [3.63, 3.8) is 0 Å². The van der Waals surface area contributed by atoms with Gasteiger partial charge in [-0.1, -0.05) is 49.0 Å². The minimum absolute atomic E-state index is 0.0902. The third kappa shape index (κ3) is 6.64. The lowest BCUT2D eigenvalue weighted by Crippen LogP contribution is -2.38. The molecule has 0 aromatic carbocycles. The summed E-state index contributed by atoms with van der Waals surface area (Å²) in [5, 5.41) is 6.80. The molecule has 7 nitrogen and oxygen atoms in total. The smallest absolute Gasteiger partial charge is 0.219 e. The summed E-state index contributed by atoms with van der Waals surface area (Å²) >= 11 is 0. The molecule has 0 saturated carbocycles. The fraction of sp³-hybridized carbons (Fsp3) is 0.375. The van der Waals surface area contributed by atoms with Gasteiger partial charge in [0, 0.05) is 31.8 Å². The van der Waals surface area contributed by atoms with Crippen LogP contribution in [0.5, 0.6) is 5.75 Å². The lowest BCUT2D eigenvalue weighted by molar-refractivity contribution is -0.130. The first-order valence-corrected chi connectivity index (χ1v) is 13.6. The first-order chi connectivity index (χ1) is 19.0. The standard InChI is InChI=1S/C32H35N5O2/c1-4-25-7-5-9-28(17-25)31-12-11-23(2)37(35-31)21-27-8-6-10-29(18-27)32-33-19-30(20-34-32)39-22-26-13-15-36(16-14-26)24(3)38/h1,5-6,8-9,11-12,17-20,25-26,29H,2,7,10,13-16,21-22H2,3H3/t25-,29-/m1/s1. The summed E-state index contributed by atoms with van der Waals surface area (Å²) in [6, 6.07) is 0. The molecule has 0 bridgehead atoms. The maximum Gasteiger partial charge on any atom is 0.219 e. The molecule has 2 atom stereocenters. The SMILES string of the molecule is C#C[C@H]1C=C(C2=NN(CC3=C[C@H](c4ncc(OCC5CCN(C(C)=O)CC5)cn4)CC=C3)C(=C)C=C2)C=CC1. The molecule has 0 N–H and O–H groups in total. The summed E-state index contributed by atoms with van der Waals surface area (Å²) in [5.41, 5.74) is 3.91. The van der Waals surface area contributed by atoms with Crippen molar-refractivity contribution in [2.45, 2.75) is 38.5 Å². The lowest BCUT2D eigenvalue weighted by atomic mass is 9.94. The second-order valence-electron chi connectivity index (χ2n) is 10.4. The largest absolute Gasteiger partial charge is 0.490 e. The minimum atomic E-state index is 0.0902. The Balaban J connectivity index is 1.18. The Hall–Kier alpha value is -4.18. The second-order valence-corrected chi connectivity index (χ2v) is 10.4. The number of hydrogen-bond acceptors (Lipinski definition) is 6. The maximum absolute atomic E-state index is 11.5. The fourth-order valence-electron chi connectivity index (χ4n) is 5.18. The van der Waals surface area contributed by atoms with Crippen LogP contribution in [0.1, 0.15) is 44.3 Å². The molecular formula is C32H35N5O2. The third-order valence-electron chi connectivity index (χ3n) is 7.57. The summed E-state index contributed by atoms with van der Waals surface area (Å²) in [7, 11) is 0. The number of carbonyl (C=O) groups is 1. The van der Waals surface area contributed by atoms with E-state index in [1.807, 2.05) is 22.1 Å². The van der Waals surface area contributed by atoms with Crippen LogP contribution in [0.25, 0.3) is 0 Å². The molecule has 5 rings (SSSR count). The van der Waals surface area contributed by atoms with Crippen LogP contribution in [0.3, 0.4) is 0 Å². The summed E-state index contributed by atoms with van der Waals surface area (Å²) in [6.07, 6.45) is 29.6. The van der Waals surface area contributed by atoms with Crippen molar-refractivity contribution in [2.24, 2.45) is 16.9 Å². The molecule has 1 aromatic rings. The van der Waals surface area contributed by atoms with Gasteiger partial charge in [0.15, 0.2) is 5.75 Å². The average Bonchev–Trinajstić information content (AvgIpc) is 2.98. The van der Waals surface area contributed by atoms with Crippen LogP contribution in [0, 0.1) is 24.2 Å². The van der Waals surface area contributed by atoms with Crippen molar-refractivity contribution in [3.8, 4) is 18.1 Å². The molecule has 4 aliphatic rings. The van der Waals surface area contributed by atoms with Crippen LogP contribution < -0.4 is 4.74 Å². The summed E-state index contributed by atoms with van der Waals surface area (Å²) in [6.45, 7) is 8.64. The van der Waals surface area contributed by atoms with Gasteiger partial charge >= 0.3 is 0 Å². The van der Waals surface area contributed by atoms with Crippen LogP contribution in [-0.2, 0) is 4.79 Å². The molecule has 0 radical (unpaired) electrons. The van der Waals surface area contributed by atoms with Gasteiger partial charge in [-0.2, -0.15) is 5.10 Å². The number of piperidine rings is 1. The number of ether oxygens (including phenoxy) is 1. The van der Waals surface area contributed by atoms with Crippen molar-refractivity contribution in [1.82, 2.24) is 19.9 Å². The Labute approximate surface area is 231 Å². The van der Waals surface area contributed by atoms with Gasteiger partial charge in [0.05, 0.1) is 37.0 Å². The van der Waals surface area contributed by atoms with Crippen molar-refractivity contribution < 1.29 is 9.53 Å². The number of amides is 1. The van der Waals surface area contributed by atoms with Crippen LogP contribution in [0.4, 0.5) is 0 Å². The Morgan fingerprint density at radius 3 is 2.62 bits per heavy atom. The highest BCUT2D eigenvalue weighted by Crippen LogP contribution is 2.28. The molecule has 7 heteroatoms. The number of hydrogen-bond donors (Lipinski definition) is 0. The zero-order valence-electron chi connectivity index (χ0n) is 22.5. The molecule has 1 amide bonds. The summed E-state index contributed by atoms with van der Waals surface area (Å²) < 4.78 is 5.98. The van der Waals surface area contributed by atoms with E-state index in [-0.39, 0.29) is 17.7 Å². The molecule has 39 heavy (non-hydrogen) atoms. The highest BCUT2D eigenvalue weighted by atomic mass is 16.5.